The van der Waals surface area contributed by atoms with Gasteiger partial charge in [-0.2, -0.15) is 0 Å². The van der Waals surface area contributed by atoms with E-state index < -0.39 is 5.97 Å². The van der Waals surface area contributed by atoms with Gasteiger partial charge in [-0.05, 0) is 53.1 Å². The molecule has 4 nitrogen and oxygen atoms in total. The maximum Gasteiger partial charge on any atom is 1.00 e. The summed E-state index contributed by atoms with van der Waals surface area (Å²) >= 11 is 12.0. The van der Waals surface area contributed by atoms with E-state index in [-0.39, 0.29) is 53.4 Å². The van der Waals surface area contributed by atoms with Gasteiger partial charge in [0.05, 0.1) is 5.97 Å². The number of benzene rings is 3. The minimum atomic E-state index is -1.26. The number of hydrogen-bond donors (Lipinski definition) is 1. The Labute approximate surface area is 201 Å². The molecule has 142 valence electrons. The number of halogens is 2. The maximum atomic E-state index is 12.6. The molecule has 0 heterocycles. The zero-order valence-electron chi connectivity index (χ0n) is 15.7. The van der Waals surface area contributed by atoms with Crippen LogP contribution in [0.3, 0.4) is 0 Å². The number of aromatic carboxylic acids is 1. The molecule has 3 aromatic rings. The van der Waals surface area contributed by atoms with Crippen LogP contribution in [0.15, 0.2) is 72.8 Å². The zero-order chi connectivity index (χ0) is 20.1. The third-order valence-electron chi connectivity index (χ3n) is 4.34. The molecular formula is C22H16Cl2NNaO3. The van der Waals surface area contributed by atoms with Crippen LogP contribution in [0.25, 0.3) is 0 Å². The van der Waals surface area contributed by atoms with E-state index in [2.05, 4.69) is 5.32 Å². The molecule has 0 aliphatic carbocycles. The number of carbonyl (C=O) groups excluding carboxylic acids is 2. The number of anilines is 1. The minimum Gasteiger partial charge on any atom is -0.545 e. The number of nitrogens with one attached hydrogen (secondary N) is 1. The first-order valence-corrected chi connectivity index (χ1v) is 9.30. The number of hydrogen-bond acceptors (Lipinski definition) is 3. The molecule has 3 rings (SSSR count). The van der Waals surface area contributed by atoms with Crippen molar-refractivity contribution in [1.29, 1.82) is 0 Å². The molecule has 29 heavy (non-hydrogen) atoms. The van der Waals surface area contributed by atoms with Crippen LogP contribution in [0.2, 0.25) is 10.0 Å². The quantitative estimate of drug-likeness (QED) is 0.596. The van der Waals surface area contributed by atoms with Crippen molar-refractivity contribution in [2.75, 3.05) is 5.32 Å². The van der Waals surface area contributed by atoms with Gasteiger partial charge in [-0.15, -0.1) is 0 Å². The van der Waals surface area contributed by atoms with Crippen molar-refractivity contribution < 1.29 is 44.3 Å². The molecule has 1 amide bonds. The summed E-state index contributed by atoms with van der Waals surface area (Å²) in [6.07, 6.45) is 0.200. The van der Waals surface area contributed by atoms with Crippen LogP contribution in [-0.2, 0) is 4.79 Å². The summed E-state index contributed by atoms with van der Waals surface area (Å²) in [5.41, 5.74) is 2.47. The average Bonchev–Trinajstić information content (AvgIpc) is 2.68. The molecule has 7 heteroatoms. The molecule has 1 N–H and O–H groups in total. The molecule has 0 aromatic heterocycles. The second-order valence-electron chi connectivity index (χ2n) is 6.27. The molecule has 0 saturated carbocycles. The van der Waals surface area contributed by atoms with E-state index in [1.54, 1.807) is 24.3 Å². The summed E-state index contributed by atoms with van der Waals surface area (Å²) in [6, 6.07) is 20.6. The van der Waals surface area contributed by atoms with Gasteiger partial charge in [0.2, 0.25) is 5.91 Å². The van der Waals surface area contributed by atoms with Crippen molar-refractivity contribution in [1.82, 2.24) is 0 Å². The first kappa shape index (κ1) is 23.5. The predicted molar refractivity (Wildman–Crippen MR) is 109 cm³/mol. The number of carboxylic acid groups (broad SMARTS) is 1. The van der Waals surface area contributed by atoms with Crippen molar-refractivity contribution in [3.8, 4) is 0 Å². The number of carboxylic acids is 1. The van der Waals surface area contributed by atoms with Crippen LogP contribution in [0.4, 0.5) is 5.69 Å². The van der Waals surface area contributed by atoms with Crippen LogP contribution in [0.5, 0.6) is 0 Å². The SMILES string of the molecule is O=C(CC(c1ccc(Cl)cc1)c1ccc(Cl)cc1)Nc1ccc(C(=O)[O-])cc1.[Na+]. The Balaban J connectivity index is 0.00000300. The van der Waals surface area contributed by atoms with Crippen molar-refractivity contribution in [2.24, 2.45) is 0 Å². The predicted octanol–water partition coefficient (Wildman–Crippen LogP) is 1.52. The standard InChI is InChI=1S/C22H17Cl2NO3.Na/c23-17-7-1-14(2-8-17)20(15-3-9-18(24)10-4-15)13-21(26)25-19-11-5-16(6-12-19)22(27)28;/h1-12,20H,13H2,(H,25,26)(H,27,28);/q;+1/p-1. The van der Waals surface area contributed by atoms with Crippen molar-refractivity contribution in [2.45, 2.75) is 12.3 Å². The van der Waals surface area contributed by atoms with Gasteiger partial charge in [0.25, 0.3) is 0 Å². The molecule has 0 unspecified atom stereocenters. The molecule has 0 fully saturated rings. The van der Waals surface area contributed by atoms with Crippen LogP contribution >= 0.6 is 23.2 Å². The second kappa shape index (κ2) is 10.8. The Hall–Kier alpha value is -1.82. The van der Waals surface area contributed by atoms with Crippen LogP contribution in [-0.4, -0.2) is 11.9 Å². The van der Waals surface area contributed by atoms with Gasteiger partial charge >= 0.3 is 29.6 Å². The summed E-state index contributed by atoms with van der Waals surface area (Å²) < 4.78 is 0. The van der Waals surface area contributed by atoms with Gasteiger partial charge in [0, 0.05) is 28.1 Å². The van der Waals surface area contributed by atoms with E-state index >= 15 is 0 Å². The normalized spacial score (nSPS) is 10.3. The number of carbonyl (C=O) groups is 2. The third kappa shape index (κ3) is 6.59. The molecule has 0 saturated heterocycles. The number of rotatable bonds is 6. The first-order chi connectivity index (χ1) is 13.4. The number of amides is 1. The fraction of sp³-hybridized carbons (Fsp3) is 0.0909. The fourth-order valence-corrected chi connectivity index (χ4v) is 3.16. The molecule has 0 aliphatic heterocycles. The fourth-order valence-electron chi connectivity index (χ4n) is 2.91. The first-order valence-electron chi connectivity index (χ1n) is 8.54. The van der Waals surface area contributed by atoms with Crippen LogP contribution < -0.4 is 40.0 Å². The second-order valence-corrected chi connectivity index (χ2v) is 7.15. The molecule has 0 radical (unpaired) electrons. The largest absolute Gasteiger partial charge is 1.00 e. The van der Waals surface area contributed by atoms with Gasteiger partial charge in [-0.3, -0.25) is 4.79 Å². The average molecular weight is 436 g/mol. The van der Waals surface area contributed by atoms with E-state index in [1.807, 2.05) is 24.3 Å². The van der Waals surface area contributed by atoms with Crippen molar-refractivity contribution in [3.05, 3.63) is 99.5 Å². The summed E-state index contributed by atoms with van der Waals surface area (Å²) in [6.45, 7) is 0. The van der Waals surface area contributed by atoms with Crippen molar-refractivity contribution in [3.63, 3.8) is 0 Å². The Bertz CT molecular complexity index is 929. The zero-order valence-corrected chi connectivity index (χ0v) is 19.2. The van der Waals surface area contributed by atoms with E-state index in [9.17, 15) is 14.7 Å². The van der Waals surface area contributed by atoms with Gasteiger partial charge in [-0.25, -0.2) is 0 Å². The van der Waals surface area contributed by atoms with Gasteiger partial charge in [0.1, 0.15) is 0 Å². The van der Waals surface area contributed by atoms with E-state index in [1.165, 1.54) is 24.3 Å². The van der Waals surface area contributed by atoms with E-state index in [0.717, 1.165) is 11.1 Å². The van der Waals surface area contributed by atoms with Gasteiger partial charge in [0.15, 0.2) is 0 Å². The Kier molecular flexibility index (Phi) is 8.75. The summed E-state index contributed by atoms with van der Waals surface area (Å²) in [4.78, 5) is 23.5. The smallest absolute Gasteiger partial charge is 0.545 e. The van der Waals surface area contributed by atoms with Crippen molar-refractivity contribution >= 4 is 40.8 Å². The molecule has 0 bridgehead atoms. The third-order valence-corrected chi connectivity index (χ3v) is 4.84. The monoisotopic (exact) mass is 435 g/mol. The summed E-state index contributed by atoms with van der Waals surface area (Å²) in [7, 11) is 0. The summed E-state index contributed by atoms with van der Waals surface area (Å²) in [5, 5.41) is 14.9. The Morgan fingerprint density at radius 1 is 0.793 bits per heavy atom. The Morgan fingerprint density at radius 2 is 1.24 bits per heavy atom. The molecular weight excluding hydrogens is 420 g/mol. The van der Waals surface area contributed by atoms with Gasteiger partial charge in [-0.1, -0.05) is 59.6 Å². The van der Waals surface area contributed by atoms with Gasteiger partial charge < -0.3 is 15.2 Å². The van der Waals surface area contributed by atoms with E-state index in [4.69, 9.17) is 23.2 Å². The maximum absolute atomic E-state index is 12.6. The molecule has 0 atom stereocenters. The summed E-state index contributed by atoms with van der Waals surface area (Å²) in [5.74, 6) is -1.64. The van der Waals surface area contributed by atoms with Crippen LogP contribution in [0.1, 0.15) is 33.8 Å². The minimum absolute atomic E-state index is 0. The Morgan fingerprint density at radius 3 is 1.66 bits per heavy atom. The molecule has 0 spiro atoms. The molecule has 0 aliphatic rings. The van der Waals surface area contributed by atoms with Crippen LogP contribution in [0, 0.1) is 0 Å². The topological polar surface area (TPSA) is 69.2 Å². The van der Waals surface area contributed by atoms with E-state index in [0.29, 0.717) is 15.7 Å². The molecule has 3 aromatic carbocycles.